The fourth-order valence-electron chi connectivity index (χ4n) is 3.67. The van der Waals surface area contributed by atoms with Crippen molar-refractivity contribution >= 4 is 10.8 Å². The van der Waals surface area contributed by atoms with Gasteiger partial charge in [-0.15, -0.1) is 0 Å². The molecule has 112 valence electrons. The Morgan fingerprint density at radius 2 is 1.76 bits per heavy atom. The van der Waals surface area contributed by atoms with Crippen molar-refractivity contribution in [3.63, 3.8) is 0 Å². The average Bonchev–Trinajstić information content (AvgIpc) is 2.47. The zero-order valence-corrected chi connectivity index (χ0v) is 13.4. The van der Waals surface area contributed by atoms with Gasteiger partial charge in [-0.2, -0.15) is 0 Å². The first-order valence-electron chi connectivity index (χ1n) is 8.29. The molecule has 1 fully saturated rings. The second-order valence-electron chi connectivity index (χ2n) is 6.99. The first-order chi connectivity index (χ1) is 10.1. The third kappa shape index (κ3) is 3.23. The molecule has 1 saturated carbocycles. The zero-order chi connectivity index (χ0) is 14.8. The molecule has 1 nitrogen and oxygen atoms in total. The number of fused-ring (bicyclic) bond motifs is 1. The SMILES string of the molecule is CC(C)[C@@H]1CC[C@@H](C)C[C@H]1Oc1ccc2ccccc2c1. The summed E-state index contributed by atoms with van der Waals surface area (Å²) in [6.07, 6.45) is 4.21. The van der Waals surface area contributed by atoms with Gasteiger partial charge < -0.3 is 4.74 Å². The van der Waals surface area contributed by atoms with Gasteiger partial charge in [-0.1, -0.05) is 57.5 Å². The molecule has 1 aliphatic carbocycles. The van der Waals surface area contributed by atoms with Crippen molar-refractivity contribution in [1.82, 2.24) is 0 Å². The van der Waals surface area contributed by atoms with Crippen molar-refractivity contribution in [2.75, 3.05) is 0 Å². The molecule has 1 heteroatoms. The lowest BCUT2D eigenvalue weighted by molar-refractivity contribution is 0.0461. The van der Waals surface area contributed by atoms with Crippen LogP contribution in [0.4, 0.5) is 0 Å². The minimum Gasteiger partial charge on any atom is -0.490 e. The van der Waals surface area contributed by atoms with Crippen LogP contribution in [0.2, 0.25) is 0 Å². The molecule has 1 aliphatic rings. The Hall–Kier alpha value is -1.50. The van der Waals surface area contributed by atoms with E-state index in [0.717, 1.165) is 11.7 Å². The fraction of sp³-hybridized carbons (Fsp3) is 0.500. The third-order valence-electron chi connectivity index (χ3n) is 4.97. The summed E-state index contributed by atoms with van der Waals surface area (Å²) in [5.41, 5.74) is 0. The standard InChI is InChI=1S/C20H26O/c1-14(2)19-11-8-15(3)12-20(19)21-18-10-9-16-6-4-5-7-17(16)13-18/h4-7,9-10,13-15,19-20H,8,11-12H2,1-3H3/t15-,19+,20-/m1/s1. The third-order valence-corrected chi connectivity index (χ3v) is 4.97. The van der Waals surface area contributed by atoms with E-state index < -0.39 is 0 Å². The van der Waals surface area contributed by atoms with E-state index in [9.17, 15) is 0 Å². The van der Waals surface area contributed by atoms with Gasteiger partial charge in [0.05, 0.1) is 0 Å². The van der Waals surface area contributed by atoms with Gasteiger partial charge in [0.1, 0.15) is 11.9 Å². The molecular weight excluding hydrogens is 256 g/mol. The Labute approximate surface area is 128 Å². The molecular formula is C20H26O. The van der Waals surface area contributed by atoms with Gasteiger partial charge in [-0.3, -0.25) is 0 Å². The van der Waals surface area contributed by atoms with E-state index in [1.807, 2.05) is 0 Å². The molecule has 0 aromatic heterocycles. The molecule has 0 saturated heterocycles. The molecule has 0 radical (unpaired) electrons. The van der Waals surface area contributed by atoms with Crippen LogP contribution >= 0.6 is 0 Å². The summed E-state index contributed by atoms with van der Waals surface area (Å²) >= 11 is 0. The van der Waals surface area contributed by atoms with E-state index >= 15 is 0 Å². The van der Waals surface area contributed by atoms with Gasteiger partial charge in [0.25, 0.3) is 0 Å². The fourth-order valence-corrected chi connectivity index (χ4v) is 3.67. The molecule has 2 aromatic carbocycles. The minimum absolute atomic E-state index is 0.370. The highest BCUT2D eigenvalue weighted by molar-refractivity contribution is 5.83. The molecule has 2 aromatic rings. The molecule has 0 N–H and O–H groups in total. The highest BCUT2D eigenvalue weighted by atomic mass is 16.5. The second-order valence-corrected chi connectivity index (χ2v) is 6.99. The first-order valence-corrected chi connectivity index (χ1v) is 8.29. The molecule has 0 unspecified atom stereocenters. The van der Waals surface area contributed by atoms with Gasteiger partial charge in [0.2, 0.25) is 0 Å². The van der Waals surface area contributed by atoms with Crippen molar-refractivity contribution in [3.8, 4) is 5.75 Å². The van der Waals surface area contributed by atoms with Crippen LogP contribution in [0.1, 0.15) is 40.0 Å². The van der Waals surface area contributed by atoms with E-state index in [1.54, 1.807) is 0 Å². The van der Waals surface area contributed by atoms with Gasteiger partial charge in [-0.25, -0.2) is 0 Å². The summed E-state index contributed by atoms with van der Waals surface area (Å²) in [7, 11) is 0. The van der Waals surface area contributed by atoms with Crippen molar-refractivity contribution < 1.29 is 4.74 Å². The lowest BCUT2D eigenvalue weighted by Crippen LogP contribution is -2.36. The maximum Gasteiger partial charge on any atom is 0.120 e. The second kappa shape index (κ2) is 6.09. The Balaban J connectivity index is 1.81. The van der Waals surface area contributed by atoms with Crippen LogP contribution in [0.15, 0.2) is 42.5 Å². The smallest absolute Gasteiger partial charge is 0.120 e. The van der Waals surface area contributed by atoms with Crippen molar-refractivity contribution in [2.24, 2.45) is 17.8 Å². The molecule has 0 aliphatic heterocycles. The molecule has 3 atom stereocenters. The maximum atomic E-state index is 6.41. The van der Waals surface area contributed by atoms with E-state index in [4.69, 9.17) is 4.74 Å². The summed E-state index contributed by atoms with van der Waals surface area (Å²) < 4.78 is 6.41. The number of rotatable bonds is 3. The van der Waals surface area contributed by atoms with Gasteiger partial charge >= 0.3 is 0 Å². The predicted molar refractivity (Wildman–Crippen MR) is 89.7 cm³/mol. The summed E-state index contributed by atoms with van der Waals surface area (Å²) in [6.45, 7) is 7.02. The number of hydrogen-bond donors (Lipinski definition) is 0. The Kier molecular flexibility index (Phi) is 4.19. The highest BCUT2D eigenvalue weighted by Gasteiger charge is 2.32. The van der Waals surface area contributed by atoms with Crippen molar-refractivity contribution in [1.29, 1.82) is 0 Å². The highest BCUT2D eigenvalue weighted by Crippen LogP contribution is 2.36. The maximum absolute atomic E-state index is 6.41. The zero-order valence-electron chi connectivity index (χ0n) is 13.4. The predicted octanol–water partition coefficient (Wildman–Crippen LogP) is 5.68. The molecule has 0 spiro atoms. The van der Waals surface area contributed by atoms with Crippen molar-refractivity contribution in [2.45, 2.75) is 46.1 Å². The van der Waals surface area contributed by atoms with Gasteiger partial charge in [0.15, 0.2) is 0 Å². The number of benzene rings is 2. The number of hydrogen-bond acceptors (Lipinski definition) is 1. The van der Waals surface area contributed by atoms with Crippen LogP contribution in [0.25, 0.3) is 10.8 Å². The summed E-state index contributed by atoms with van der Waals surface area (Å²) in [6, 6.07) is 15.0. The number of ether oxygens (including phenoxy) is 1. The molecule has 0 heterocycles. The Morgan fingerprint density at radius 3 is 2.52 bits per heavy atom. The van der Waals surface area contributed by atoms with Crippen molar-refractivity contribution in [3.05, 3.63) is 42.5 Å². The van der Waals surface area contributed by atoms with Crippen LogP contribution < -0.4 is 4.74 Å². The molecule has 3 rings (SSSR count). The monoisotopic (exact) mass is 282 g/mol. The summed E-state index contributed by atoms with van der Waals surface area (Å²) in [5, 5.41) is 2.54. The van der Waals surface area contributed by atoms with E-state index in [-0.39, 0.29) is 0 Å². The average molecular weight is 282 g/mol. The largest absolute Gasteiger partial charge is 0.490 e. The van der Waals surface area contributed by atoms with Crippen LogP contribution in [-0.4, -0.2) is 6.10 Å². The van der Waals surface area contributed by atoms with Crippen LogP contribution in [0, 0.1) is 17.8 Å². The Bertz CT molecular complexity index is 602. The summed E-state index contributed by atoms with van der Waals surface area (Å²) in [5.74, 6) is 3.19. The minimum atomic E-state index is 0.370. The van der Waals surface area contributed by atoms with E-state index in [1.165, 1.54) is 30.0 Å². The quantitative estimate of drug-likeness (QED) is 0.703. The van der Waals surface area contributed by atoms with Crippen LogP contribution in [0.3, 0.4) is 0 Å². The lowest BCUT2D eigenvalue weighted by Gasteiger charge is -2.37. The summed E-state index contributed by atoms with van der Waals surface area (Å²) in [4.78, 5) is 0. The molecule has 0 amide bonds. The van der Waals surface area contributed by atoms with Gasteiger partial charge in [-0.05, 0) is 53.5 Å². The van der Waals surface area contributed by atoms with E-state index in [0.29, 0.717) is 17.9 Å². The molecule has 21 heavy (non-hydrogen) atoms. The normalized spacial score (nSPS) is 26.2. The Morgan fingerprint density at radius 1 is 1.00 bits per heavy atom. The van der Waals surface area contributed by atoms with Crippen LogP contribution in [0.5, 0.6) is 5.75 Å². The first kappa shape index (κ1) is 14.4. The van der Waals surface area contributed by atoms with Crippen LogP contribution in [-0.2, 0) is 0 Å². The van der Waals surface area contributed by atoms with E-state index in [2.05, 4.69) is 63.2 Å². The molecule has 0 bridgehead atoms. The van der Waals surface area contributed by atoms with Gasteiger partial charge in [0, 0.05) is 0 Å². The topological polar surface area (TPSA) is 9.23 Å². The lowest BCUT2D eigenvalue weighted by atomic mass is 9.75.